The lowest BCUT2D eigenvalue weighted by molar-refractivity contribution is 0.0337. The van der Waals surface area contributed by atoms with Crippen molar-refractivity contribution in [3.63, 3.8) is 0 Å². The monoisotopic (exact) mass is 271 g/mol. The number of unbranched alkanes of at least 4 members (excludes halogenated alkanes) is 1. The number of rotatable bonds is 9. The summed E-state index contributed by atoms with van der Waals surface area (Å²) in [6, 6.07) is 0.517. The van der Waals surface area contributed by atoms with Crippen molar-refractivity contribution in [2.45, 2.75) is 77.4 Å². The quantitative estimate of drug-likeness (QED) is 0.500. The Hall–Kier alpha value is -0.120. The van der Waals surface area contributed by atoms with Crippen molar-refractivity contribution in [2.75, 3.05) is 19.8 Å². The molecule has 3 heteroatoms. The summed E-state index contributed by atoms with van der Waals surface area (Å²) in [4.78, 5) is 0. The van der Waals surface area contributed by atoms with E-state index in [9.17, 15) is 5.11 Å². The highest BCUT2D eigenvalue weighted by Crippen LogP contribution is 2.25. The second-order valence-corrected chi connectivity index (χ2v) is 6.03. The molecule has 0 aliphatic heterocycles. The first-order valence-electron chi connectivity index (χ1n) is 8.23. The molecule has 0 aromatic heterocycles. The van der Waals surface area contributed by atoms with Crippen molar-refractivity contribution in [3.8, 4) is 0 Å². The fraction of sp³-hybridized carbons (Fsp3) is 1.00. The molecule has 114 valence electrons. The van der Waals surface area contributed by atoms with Gasteiger partial charge in [0.1, 0.15) is 0 Å². The predicted molar refractivity (Wildman–Crippen MR) is 80.4 cm³/mol. The molecule has 1 aliphatic carbocycles. The Morgan fingerprint density at radius 2 is 1.89 bits per heavy atom. The van der Waals surface area contributed by atoms with Crippen LogP contribution in [0.15, 0.2) is 0 Å². The third kappa shape index (κ3) is 7.91. The van der Waals surface area contributed by atoms with E-state index in [0.29, 0.717) is 19.2 Å². The number of aliphatic hydroxyl groups is 1. The molecule has 0 aromatic carbocycles. The highest BCUT2D eigenvalue weighted by atomic mass is 16.5. The Morgan fingerprint density at radius 3 is 2.53 bits per heavy atom. The summed E-state index contributed by atoms with van der Waals surface area (Å²) in [5.41, 5.74) is 0. The first kappa shape index (κ1) is 16.9. The van der Waals surface area contributed by atoms with Crippen molar-refractivity contribution in [2.24, 2.45) is 5.92 Å². The zero-order valence-electron chi connectivity index (χ0n) is 12.9. The first-order chi connectivity index (χ1) is 9.24. The minimum atomic E-state index is -0.370. The number of hydrogen-bond donors (Lipinski definition) is 2. The lowest BCUT2D eigenvalue weighted by Gasteiger charge is -2.25. The Balaban J connectivity index is 2.08. The molecule has 0 heterocycles. The summed E-state index contributed by atoms with van der Waals surface area (Å²) in [6.07, 6.45) is 10.1. The number of hydrogen-bond acceptors (Lipinski definition) is 3. The van der Waals surface area contributed by atoms with Crippen LogP contribution < -0.4 is 5.32 Å². The van der Waals surface area contributed by atoms with Gasteiger partial charge in [-0.05, 0) is 32.1 Å². The van der Waals surface area contributed by atoms with Gasteiger partial charge < -0.3 is 15.2 Å². The minimum absolute atomic E-state index is 0.370. The molecule has 0 radical (unpaired) electrons. The molecule has 2 atom stereocenters. The average Bonchev–Trinajstić information content (AvgIpc) is 2.70. The second kappa shape index (κ2) is 10.6. The Labute approximate surface area is 119 Å². The molecular weight excluding hydrogens is 238 g/mol. The maximum atomic E-state index is 9.86. The highest BCUT2D eigenvalue weighted by molar-refractivity contribution is 4.76. The minimum Gasteiger partial charge on any atom is -0.389 e. The molecule has 1 aliphatic rings. The Bertz CT molecular complexity index is 203. The van der Waals surface area contributed by atoms with E-state index in [1.807, 2.05) is 0 Å². The van der Waals surface area contributed by atoms with Crippen LogP contribution in [0.4, 0.5) is 0 Å². The van der Waals surface area contributed by atoms with Crippen LogP contribution >= 0.6 is 0 Å². The van der Waals surface area contributed by atoms with Crippen LogP contribution in [-0.4, -0.2) is 37.0 Å². The predicted octanol–water partition coefficient (Wildman–Crippen LogP) is 3.11. The van der Waals surface area contributed by atoms with E-state index < -0.39 is 0 Å². The molecule has 1 unspecified atom stereocenters. The third-order valence-corrected chi connectivity index (χ3v) is 4.23. The molecule has 1 rings (SSSR count). The van der Waals surface area contributed by atoms with Gasteiger partial charge in [0.15, 0.2) is 0 Å². The van der Waals surface area contributed by atoms with E-state index >= 15 is 0 Å². The van der Waals surface area contributed by atoms with E-state index in [2.05, 4.69) is 19.2 Å². The molecule has 0 spiro atoms. The lowest BCUT2D eigenvalue weighted by Crippen LogP contribution is -2.39. The fourth-order valence-corrected chi connectivity index (χ4v) is 2.82. The van der Waals surface area contributed by atoms with E-state index in [4.69, 9.17) is 4.74 Å². The average molecular weight is 271 g/mol. The van der Waals surface area contributed by atoms with E-state index in [1.54, 1.807) is 0 Å². The molecule has 19 heavy (non-hydrogen) atoms. The smallest absolute Gasteiger partial charge is 0.0897 e. The molecule has 0 amide bonds. The maximum absolute atomic E-state index is 9.86. The third-order valence-electron chi connectivity index (χ3n) is 4.23. The zero-order valence-corrected chi connectivity index (χ0v) is 12.9. The van der Waals surface area contributed by atoms with Gasteiger partial charge in [0.05, 0.1) is 12.7 Å². The van der Waals surface area contributed by atoms with Gasteiger partial charge in [-0.3, -0.25) is 0 Å². The van der Waals surface area contributed by atoms with Gasteiger partial charge in [0.25, 0.3) is 0 Å². The van der Waals surface area contributed by atoms with E-state index in [1.165, 1.54) is 38.5 Å². The van der Waals surface area contributed by atoms with Gasteiger partial charge in [0.2, 0.25) is 0 Å². The van der Waals surface area contributed by atoms with E-state index in [-0.39, 0.29) is 6.10 Å². The molecule has 0 saturated heterocycles. The van der Waals surface area contributed by atoms with Crippen molar-refractivity contribution in [1.29, 1.82) is 0 Å². The molecule has 1 saturated carbocycles. The van der Waals surface area contributed by atoms with Crippen molar-refractivity contribution < 1.29 is 9.84 Å². The molecule has 2 N–H and O–H groups in total. The molecule has 0 aromatic rings. The standard InChI is InChI=1S/C16H33NO2/c1-3-4-11-19-13-16(18)12-17-14(2)15-9-7-5-6-8-10-15/h14-18H,3-13H2,1-2H3/t14-,16?/m1/s1. The molecule has 1 fully saturated rings. The fourth-order valence-electron chi connectivity index (χ4n) is 2.82. The number of nitrogens with one attached hydrogen (secondary N) is 1. The van der Waals surface area contributed by atoms with Gasteiger partial charge in [-0.2, -0.15) is 0 Å². The summed E-state index contributed by atoms with van der Waals surface area (Å²) in [6.45, 7) is 6.30. The second-order valence-electron chi connectivity index (χ2n) is 6.03. The van der Waals surface area contributed by atoms with Crippen LogP contribution in [0.3, 0.4) is 0 Å². The van der Waals surface area contributed by atoms with Crippen LogP contribution in [0.2, 0.25) is 0 Å². The van der Waals surface area contributed by atoms with E-state index in [0.717, 1.165) is 25.4 Å². The lowest BCUT2D eigenvalue weighted by atomic mass is 9.93. The Morgan fingerprint density at radius 1 is 1.21 bits per heavy atom. The summed E-state index contributed by atoms with van der Waals surface area (Å²) < 4.78 is 5.44. The molecule has 3 nitrogen and oxygen atoms in total. The van der Waals surface area contributed by atoms with Crippen LogP contribution in [-0.2, 0) is 4.74 Å². The van der Waals surface area contributed by atoms with Gasteiger partial charge >= 0.3 is 0 Å². The number of ether oxygens (including phenoxy) is 1. The summed E-state index contributed by atoms with van der Waals surface area (Å²) in [7, 11) is 0. The molecule has 0 bridgehead atoms. The Kier molecular flexibility index (Phi) is 9.48. The van der Waals surface area contributed by atoms with Gasteiger partial charge in [-0.1, -0.05) is 39.0 Å². The highest BCUT2D eigenvalue weighted by Gasteiger charge is 2.19. The summed E-state index contributed by atoms with van der Waals surface area (Å²) >= 11 is 0. The maximum Gasteiger partial charge on any atom is 0.0897 e. The molecular formula is C16H33NO2. The van der Waals surface area contributed by atoms with Crippen LogP contribution in [0.1, 0.15) is 65.2 Å². The SMILES string of the molecule is CCCCOCC(O)CN[C@H](C)C1CCCCCC1. The van der Waals surface area contributed by atoms with Crippen LogP contribution in [0.5, 0.6) is 0 Å². The largest absolute Gasteiger partial charge is 0.389 e. The first-order valence-corrected chi connectivity index (χ1v) is 8.23. The topological polar surface area (TPSA) is 41.5 Å². The van der Waals surface area contributed by atoms with Crippen molar-refractivity contribution in [3.05, 3.63) is 0 Å². The van der Waals surface area contributed by atoms with Crippen LogP contribution in [0, 0.1) is 5.92 Å². The van der Waals surface area contributed by atoms with Gasteiger partial charge in [-0.25, -0.2) is 0 Å². The van der Waals surface area contributed by atoms with Crippen molar-refractivity contribution >= 4 is 0 Å². The normalized spacial score (nSPS) is 21.0. The zero-order chi connectivity index (χ0) is 13.9. The van der Waals surface area contributed by atoms with Gasteiger partial charge in [0, 0.05) is 19.2 Å². The summed E-state index contributed by atoms with van der Waals surface area (Å²) in [5.74, 6) is 0.788. The van der Waals surface area contributed by atoms with Gasteiger partial charge in [-0.15, -0.1) is 0 Å². The van der Waals surface area contributed by atoms with Crippen molar-refractivity contribution in [1.82, 2.24) is 5.32 Å². The number of aliphatic hydroxyl groups excluding tert-OH is 1. The van der Waals surface area contributed by atoms with Crippen LogP contribution in [0.25, 0.3) is 0 Å². The summed E-state index contributed by atoms with van der Waals surface area (Å²) in [5, 5.41) is 13.4.